The van der Waals surface area contributed by atoms with Gasteiger partial charge < -0.3 is 10.5 Å². The molecule has 1 saturated heterocycles. The van der Waals surface area contributed by atoms with Crippen LogP contribution in [0.3, 0.4) is 0 Å². The van der Waals surface area contributed by atoms with Gasteiger partial charge in [0.2, 0.25) is 0 Å². The van der Waals surface area contributed by atoms with E-state index in [1.807, 2.05) is 22.7 Å². The van der Waals surface area contributed by atoms with E-state index < -0.39 is 0 Å². The quantitative estimate of drug-likeness (QED) is 0.886. The summed E-state index contributed by atoms with van der Waals surface area (Å²) < 4.78 is 7.77. The number of hydrogen-bond donors (Lipinski definition) is 1. The molecule has 3 heterocycles. The lowest BCUT2D eigenvalue weighted by molar-refractivity contribution is 0.0155. The van der Waals surface area contributed by atoms with Crippen LogP contribution >= 0.6 is 0 Å². The maximum Gasteiger partial charge on any atom is 0.161 e. The Hall–Kier alpha value is -1.46. The van der Waals surface area contributed by atoms with Crippen LogP contribution in [0.2, 0.25) is 0 Å². The minimum atomic E-state index is 0.292. The molecule has 2 aromatic heterocycles. The summed E-state index contributed by atoms with van der Waals surface area (Å²) in [7, 11) is 0. The molecule has 1 aliphatic heterocycles. The molecule has 0 aliphatic carbocycles. The number of aromatic nitrogens is 3. The molecule has 0 saturated carbocycles. The van der Waals surface area contributed by atoms with Gasteiger partial charge in [-0.25, -0.2) is 0 Å². The molecule has 5 nitrogen and oxygen atoms in total. The maximum absolute atomic E-state index is 5.74. The van der Waals surface area contributed by atoms with E-state index in [4.69, 9.17) is 10.5 Å². The number of nitrogens with zero attached hydrogens (tertiary/aromatic N) is 3. The lowest BCUT2D eigenvalue weighted by Gasteiger charge is -2.21. The number of rotatable bonds is 3. The Bertz CT molecular complexity index is 531. The summed E-state index contributed by atoms with van der Waals surface area (Å²) in [5, 5.41) is 8.45. The second-order valence-corrected chi connectivity index (χ2v) is 4.78. The van der Waals surface area contributed by atoms with Gasteiger partial charge in [0, 0.05) is 25.8 Å². The first-order valence-electron chi connectivity index (χ1n) is 6.51. The summed E-state index contributed by atoms with van der Waals surface area (Å²) >= 11 is 0. The number of fused-ring (bicyclic) bond motifs is 1. The minimum absolute atomic E-state index is 0.292. The number of nitrogens with two attached hydrogens (primary N) is 1. The Morgan fingerprint density at radius 2 is 2.33 bits per heavy atom. The highest BCUT2D eigenvalue weighted by molar-refractivity contribution is 5.41. The molecule has 2 aromatic rings. The Balaban J connectivity index is 1.83. The molecule has 0 aromatic carbocycles. The SMILES string of the molecule is NCc1ccn2c(CC3CCCCO3)nnc2c1. The van der Waals surface area contributed by atoms with E-state index in [2.05, 4.69) is 10.2 Å². The molecule has 96 valence electrons. The highest BCUT2D eigenvalue weighted by Gasteiger charge is 2.17. The molecular weight excluding hydrogens is 228 g/mol. The van der Waals surface area contributed by atoms with Gasteiger partial charge in [-0.1, -0.05) is 0 Å². The van der Waals surface area contributed by atoms with Gasteiger partial charge in [-0.15, -0.1) is 10.2 Å². The van der Waals surface area contributed by atoms with E-state index >= 15 is 0 Å². The second-order valence-electron chi connectivity index (χ2n) is 4.78. The molecule has 2 N–H and O–H groups in total. The summed E-state index contributed by atoms with van der Waals surface area (Å²) in [6.07, 6.45) is 6.67. The molecule has 0 amide bonds. The number of ether oxygens (including phenoxy) is 1. The summed E-state index contributed by atoms with van der Waals surface area (Å²) in [5.41, 5.74) is 7.56. The first kappa shape index (κ1) is 11.6. The molecular formula is C13H18N4O. The van der Waals surface area contributed by atoms with E-state index in [9.17, 15) is 0 Å². The molecule has 0 radical (unpaired) electrons. The van der Waals surface area contributed by atoms with Crippen LogP contribution in [0.5, 0.6) is 0 Å². The summed E-state index contributed by atoms with van der Waals surface area (Å²) in [5.74, 6) is 0.973. The van der Waals surface area contributed by atoms with E-state index in [0.717, 1.165) is 36.5 Å². The third-order valence-corrected chi connectivity index (χ3v) is 3.46. The van der Waals surface area contributed by atoms with Crippen molar-refractivity contribution in [2.45, 2.75) is 38.3 Å². The standard InChI is InChI=1S/C13H18N4O/c14-9-10-4-5-17-12(7-10)15-16-13(17)8-11-3-1-2-6-18-11/h4-5,7,11H,1-3,6,8-9,14H2. The summed E-state index contributed by atoms with van der Waals surface area (Å²) in [6.45, 7) is 1.41. The highest BCUT2D eigenvalue weighted by Crippen LogP contribution is 2.17. The molecule has 0 bridgehead atoms. The predicted molar refractivity (Wildman–Crippen MR) is 68.2 cm³/mol. The van der Waals surface area contributed by atoms with Crippen LogP contribution in [-0.2, 0) is 17.7 Å². The molecule has 1 unspecified atom stereocenters. The van der Waals surface area contributed by atoms with Crippen molar-refractivity contribution in [1.29, 1.82) is 0 Å². The fraction of sp³-hybridized carbons (Fsp3) is 0.538. The van der Waals surface area contributed by atoms with Crippen LogP contribution in [0.4, 0.5) is 0 Å². The lowest BCUT2D eigenvalue weighted by atomic mass is 10.1. The van der Waals surface area contributed by atoms with Crippen molar-refractivity contribution in [2.75, 3.05) is 6.61 Å². The van der Waals surface area contributed by atoms with Gasteiger partial charge in [0.05, 0.1) is 6.10 Å². The zero-order chi connectivity index (χ0) is 12.4. The Kier molecular flexibility index (Phi) is 3.25. The maximum atomic E-state index is 5.74. The van der Waals surface area contributed by atoms with Gasteiger partial charge in [-0.3, -0.25) is 4.40 Å². The topological polar surface area (TPSA) is 65.4 Å². The first-order chi connectivity index (χ1) is 8.86. The van der Waals surface area contributed by atoms with E-state index in [1.54, 1.807) is 0 Å². The predicted octanol–water partition coefficient (Wildman–Crippen LogP) is 1.30. The van der Waals surface area contributed by atoms with Gasteiger partial charge in [-0.2, -0.15) is 0 Å². The molecule has 18 heavy (non-hydrogen) atoms. The van der Waals surface area contributed by atoms with Crippen molar-refractivity contribution in [1.82, 2.24) is 14.6 Å². The van der Waals surface area contributed by atoms with Crippen LogP contribution < -0.4 is 5.73 Å². The third-order valence-electron chi connectivity index (χ3n) is 3.46. The molecule has 0 spiro atoms. The molecule has 3 rings (SSSR count). The Labute approximate surface area is 106 Å². The summed E-state index contributed by atoms with van der Waals surface area (Å²) in [4.78, 5) is 0. The molecule has 1 fully saturated rings. The van der Waals surface area contributed by atoms with E-state index in [1.165, 1.54) is 12.8 Å². The van der Waals surface area contributed by atoms with E-state index in [-0.39, 0.29) is 0 Å². The van der Waals surface area contributed by atoms with Gasteiger partial charge >= 0.3 is 0 Å². The van der Waals surface area contributed by atoms with Crippen molar-refractivity contribution in [3.63, 3.8) is 0 Å². The van der Waals surface area contributed by atoms with Gasteiger partial charge in [0.15, 0.2) is 5.65 Å². The lowest BCUT2D eigenvalue weighted by Crippen LogP contribution is -2.22. The molecule has 5 heteroatoms. The van der Waals surface area contributed by atoms with Gasteiger partial charge in [0.25, 0.3) is 0 Å². The van der Waals surface area contributed by atoms with Crippen LogP contribution in [-0.4, -0.2) is 27.3 Å². The van der Waals surface area contributed by atoms with Crippen molar-refractivity contribution in [3.8, 4) is 0 Å². The summed E-state index contributed by atoms with van der Waals surface area (Å²) in [6, 6.07) is 4.00. The Morgan fingerprint density at radius 1 is 1.39 bits per heavy atom. The average Bonchev–Trinajstić information content (AvgIpc) is 2.82. The zero-order valence-corrected chi connectivity index (χ0v) is 10.4. The minimum Gasteiger partial charge on any atom is -0.378 e. The van der Waals surface area contributed by atoms with Crippen molar-refractivity contribution >= 4 is 5.65 Å². The molecule has 1 atom stereocenters. The normalized spacial score (nSPS) is 20.4. The van der Waals surface area contributed by atoms with Crippen molar-refractivity contribution in [2.24, 2.45) is 5.73 Å². The number of pyridine rings is 1. The third kappa shape index (κ3) is 2.23. The fourth-order valence-corrected chi connectivity index (χ4v) is 2.42. The monoisotopic (exact) mass is 246 g/mol. The van der Waals surface area contributed by atoms with Gasteiger partial charge in [-0.05, 0) is 37.0 Å². The largest absolute Gasteiger partial charge is 0.378 e. The second kappa shape index (κ2) is 5.04. The highest BCUT2D eigenvalue weighted by atomic mass is 16.5. The van der Waals surface area contributed by atoms with Crippen molar-refractivity contribution in [3.05, 3.63) is 29.7 Å². The van der Waals surface area contributed by atoms with Gasteiger partial charge in [0.1, 0.15) is 5.82 Å². The van der Waals surface area contributed by atoms with Crippen LogP contribution in [0.1, 0.15) is 30.7 Å². The smallest absolute Gasteiger partial charge is 0.161 e. The first-order valence-corrected chi connectivity index (χ1v) is 6.51. The van der Waals surface area contributed by atoms with Crippen LogP contribution in [0.15, 0.2) is 18.3 Å². The zero-order valence-electron chi connectivity index (χ0n) is 10.4. The number of hydrogen-bond acceptors (Lipinski definition) is 4. The van der Waals surface area contributed by atoms with E-state index in [0.29, 0.717) is 12.6 Å². The van der Waals surface area contributed by atoms with Crippen LogP contribution in [0, 0.1) is 0 Å². The Morgan fingerprint density at radius 3 is 3.11 bits per heavy atom. The molecule has 1 aliphatic rings. The van der Waals surface area contributed by atoms with Crippen molar-refractivity contribution < 1.29 is 4.74 Å². The van der Waals surface area contributed by atoms with Crippen LogP contribution in [0.25, 0.3) is 5.65 Å². The average molecular weight is 246 g/mol. The fourth-order valence-electron chi connectivity index (χ4n) is 2.42.